The fraction of sp³-hybridized carbons (Fsp3) is 0.176. The van der Waals surface area contributed by atoms with Crippen LogP contribution in [0.4, 0.5) is 13.2 Å². The second-order valence-corrected chi connectivity index (χ2v) is 4.93. The van der Waals surface area contributed by atoms with E-state index in [0.29, 0.717) is 17.9 Å². The maximum Gasteiger partial charge on any atom is 0.473 e. The van der Waals surface area contributed by atoms with Crippen molar-refractivity contribution in [3.05, 3.63) is 65.7 Å². The molecule has 0 spiro atoms. The number of hydrogen-bond acceptors (Lipinski definition) is 3. The van der Waals surface area contributed by atoms with Crippen molar-refractivity contribution in [1.29, 1.82) is 0 Å². The Morgan fingerprint density at radius 2 is 1.71 bits per heavy atom. The van der Waals surface area contributed by atoms with Gasteiger partial charge in [0.2, 0.25) is 0 Å². The number of halogens is 3. The first-order valence-corrected chi connectivity index (χ1v) is 7.05. The lowest BCUT2D eigenvalue weighted by Crippen LogP contribution is -2.34. The Hall–Kier alpha value is -2.83. The molecule has 4 nitrogen and oxygen atoms in total. The van der Waals surface area contributed by atoms with Crippen molar-refractivity contribution in [2.75, 3.05) is 0 Å². The molecule has 0 unspecified atom stereocenters. The molecule has 0 fully saturated rings. The number of hydrogen-bond donors (Lipinski definition) is 1. The Labute approximate surface area is 137 Å². The van der Waals surface area contributed by atoms with Gasteiger partial charge in [-0.2, -0.15) is 18.3 Å². The van der Waals surface area contributed by atoms with Gasteiger partial charge in [-0.25, -0.2) is 5.43 Å². The van der Waals surface area contributed by atoms with E-state index in [4.69, 9.17) is 4.74 Å². The van der Waals surface area contributed by atoms with Crippen molar-refractivity contribution in [2.45, 2.75) is 19.7 Å². The van der Waals surface area contributed by atoms with Gasteiger partial charge in [0, 0.05) is 0 Å². The van der Waals surface area contributed by atoms with E-state index in [9.17, 15) is 18.0 Å². The highest BCUT2D eigenvalue weighted by Gasteiger charge is 2.38. The van der Waals surface area contributed by atoms with Crippen molar-refractivity contribution in [3.63, 3.8) is 0 Å². The molecule has 0 aromatic heterocycles. The van der Waals surface area contributed by atoms with Gasteiger partial charge in [0.05, 0.1) is 5.71 Å². The lowest BCUT2D eigenvalue weighted by molar-refractivity contribution is -0.173. The first-order valence-electron chi connectivity index (χ1n) is 7.05. The molecule has 0 bridgehead atoms. The van der Waals surface area contributed by atoms with Crippen molar-refractivity contribution in [1.82, 2.24) is 5.43 Å². The number of benzene rings is 2. The number of alkyl halides is 3. The first-order chi connectivity index (χ1) is 11.4. The number of nitrogens with one attached hydrogen (secondary N) is 1. The highest BCUT2D eigenvalue weighted by atomic mass is 19.4. The number of hydrazone groups is 1. The zero-order chi connectivity index (χ0) is 17.6. The largest absolute Gasteiger partial charge is 0.489 e. The third kappa shape index (κ3) is 5.12. The first kappa shape index (κ1) is 17.5. The number of nitrogens with zero attached hydrogens (tertiary/aromatic N) is 1. The summed E-state index contributed by atoms with van der Waals surface area (Å²) >= 11 is 0. The summed E-state index contributed by atoms with van der Waals surface area (Å²) in [6, 6.07) is 16.3. The summed E-state index contributed by atoms with van der Waals surface area (Å²) in [4.78, 5) is 10.7. The highest BCUT2D eigenvalue weighted by Crippen LogP contribution is 2.16. The lowest BCUT2D eigenvalue weighted by atomic mass is 10.1. The lowest BCUT2D eigenvalue weighted by Gasteiger charge is -2.08. The van der Waals surface area contributed by atoms with Crippen LogP contribution in [0.15, 0.2) is 59.7 Å². The molecule has 0 aliphatic carbocycles. The second-order valence-electron chi connectivity index (χ2n) is 4.93. The monoisotopic (exact) mass is 336 g/mol. The van der Waals surface area contributed by atoms with Crippen LogP contribution in [0.5, 0.6) is 5.75 Å². The number of rotatable bonds is 5. The van der Waals surface area contributed by atoms with E-state index in [2.05, 4.69) is 5.10 Å². The molecule has 2 rings (SSSR count). The third-order valence-corrected chi connectivity index (χ3v) is 3.10. The summed E-state index contributed by atoms with van der Waals surface area (Å²) in [5, 5.41) is 3.44. The fourth-order valence-corrected chi connectivity index (χ4v) is 1.80. The average Bonchev–Trinajstić information content (AvgIpc) is 2.58. The molecule has 7 heteroatoms. The molecule has 24 heavy (non-hydrogen) atoms. The van der Waals surface area contributed by atoms with Crippen LogP contribution in [0.2, 0.25) is 0 Å². The van der Waals surface area contributed by atoms with Crippen molar-refractivity contribution in [2.24, 2.45) is 5.10 Å². The molecule has 0 heterocycles. The van der Waals surface area contributed by atoms with Gasteiger partial charge >= 0.3 is 12.1 Å². The van der Waals surface area contributed by atoms with E-state index in [-0.39, 0.29) is 5.71 Å². The van der Waals surface area contributed by atoms with E-state index in [1.54, 1.807) is 24.3 Å². The Kier molecular flexibility index (Phi) is 5.57. The molecule has 0 atom stereocenters. The summed E-state index contributed by atoms with van der Waals surface area (Å²) in [5.74, 6) is -1.49. The molecule has 0 aliphatic heterocycles. The number of ether oxygens (including phenoxy) is 1. The average molecular weight is 336 g/mol. The van der Waals surface area contributed by atoms with Crippen LogP contribution in [0.1, 0.15) is 18.1 Å². The summed E-state index contributed by atoms with van der Waals surface area (Å²) in [7, 11) is 0. The van der Waals surface area contributed by atoms with Crippen molar-refractivity contribution >= 4 is 11.6 Å². The van der Waals surface area contributed by atoms with E-state index in [0.717, 1.165) is 5.56 Å². The predicted octanol–water partition coefficient (Wildman–Crippen LogP) is 3.67. The molecule has 0 aliphatic rings. The number of carbonyl (C=O) groups excluding carboxylic acids is 1. The minimum Gasteiger partial charge on any atom is -0.489 e. The van der Waals surface area contributed by atoms with Crippen LogP contribution >= 0.6 is 0 Å². The molecule has 0 saturated heterocycles. The molecule has 2 aromatic rings. The van der Waals surface area contributed by atoms with E-state index < -0.39 is 12.1 Å². The molecule has 126 valence electrons. The van der Waals surface area contributed by atoms with E-state index >= 15 is 0 Å². The smallest absolute Gasteiger partial charge is 0.473 e. The summed E-state index contributed by atoms with van der Waals surface area (Å²) in [6.07, 6.45) is -4.96. The minimum atomic E-state index is -4.96. The molecular formula is C17H15F3N2O2. The molecule has 1 N–H and O–H groups in total. The Bertz CT molecular complexity index is 711. The SMILES string of the molecule is CC(=NNC(=O)C(F)(F)F)c1ccc(OCc2ccccc2)cc1. The zero-order valence-corrected chi connectivity index (χ0v) is 12.8. The molecular weight excluding hydrogens is 321 g/mol. The molecule has 2 aromatic carbocycles. The van der Waals surface area contributed by atoms with Crippen molar-refractivity contribution in [3.8, 4) is 5.75 Å². The zero-order valence-electron chi connectivity index (χ0n) is 12.8. The second kappa shape index (κ2) is 7.63. The Morgan fingerprint density at radius 1 is 1.08 bits per heavy atom. The van der Waals surface area contributed by atoms with E-state index in [1.807, 2.05) is 30.3 Å². The van der Waals surface area contributed by atoms with Crippen LogP contribution < -0.4 is 10.2 Å². The van der Waals surface area contributed by atoms with Gasteiger partial charge in [-0.3, -0.25) is 4.79 Å². The quantitative estimate of drug-likeness (QED) is 0.669. The van der Waals surface area contributed by atoms with Gasteiger partial charge < -0.3 is 4.74 Å². The van der Waals surface area contributed by atoms with Crippen LogP contribution in [0, 0.1) is 0 Å². The van der Waals surface area contributed by atoms with Gasteiger partial charge in [-0.05, 0) is 42.3 Å². The maximum atomic E-state index is 12.1. The van der Waals surface area contributed by atoms with Gasteiger partial charge in [-0.15, -0.1) is 0 Å². The van der Waals surface area contributed by atoms with Crippen LogP contribution in [-0.4, -0.2) is 17.8 Å². The number of carbonyl (C=O) groups is 1. The summed E-state index contributed by atoms with van der Waals surface area (Å²) in [5.41, 5.74) is 3.32. The van der Waals surface area contributed by atoms with Gasteiger partial charge in [-0.1, -0.05) is 30.3 Å². The van der Waals surface area contributed by atoms with Gasteiger partial charge in [0.25, 0.3) is 0 Å². The Morgan fingerprint density at radius 3 is 2.29 bits per heavy atom. The van der Waals surface area contributed by atoms with Crippen LogP contribution in [0.3, 0.4) is 0 Å². The molecule has 1 amide bonds. The number of amides is 1. The fourth-order valence-electron chi connectivity index (χ4n) is 1.80. The Balaban J connectivity index is 1.94. The topological polar surface area (TPSA) is 50.7 Å². The van der Waals surface area contributed by atoms with Gasteiger partial charge in [0.15, 0.2) is 0 Å². The van der Waals surface area contributed by atoms with Crippen LogP contribution in [-0.2, 0) is 11.4 Å². The minimum absolute atomic E-state index is 0.252. The highest BCUT2D eigenvalue weighted by molar-refractivity contribution is 5.99. The van der Waals surface area contributed by atoms with Gasteiger partial charge in [0.1, 0.15) is 12.4 Å². The van der Waals surface area contributed by atoms with E-state index in [1.165, 1.54) is 12.3 Å². The van der Waals surface area contributed by atoms with Crippen LogP contribution in [0.25, 0.3) is 0 Å². The molecule has 0 saturated carbocycles. The standard InChI is InChI=1S/C17H15F3N2O2/c1-12(21-22-16(23)17(18,19)20)14-7-9-15(10-8-14)24-11-13-5-3-2-4-6-13/h2-10H,11H2,1H3,(H,22,23). The summed E-state index contributed by atoms with van der Waals surface area (Å²) in [6.45, 7) is 1.91. The maximum absolute atomic E-state index is 12.1. The molecule has 0 radical (unpaired) electrons. The normalized spacial score (nSPS) is 11.9. The summed E-state index contributed by atoms with van der Waals surface area (Å²) < 4.78 is 41.9. The third-order valence-electron chi connectivity index (χ3n) is 3.10. The predicted molar refractivity (Wildman–Crippen MR) is 83.6 cm³/mol. The van der Waals surface area contributed by atoms with Crippen molar-refractivity contribution < 1.29 is 22.7 Å².